The summed E-state index contributed by atoms with van der Waals surface area (Å²) in [5.41, 5.74) is 4.01. The Hall–Kier alpha value is -1.26. The number of nitrogens with one attached hydrogen (secondary N) is 1. The minimum absolute atomic E-state index is 0.796. The van der Waals surface area contributed by atoms with Crippen LogP contribution < -0.4 is 5.32 Å². The van der Waals surface area contributed by atoms with Crippen LogP contribution in [0.1, 0.15) is 23.1 Å². The van der Waals surface area contributed by atoms with Gasteiger partial charge in [0.15, 0.2) is 0 Å². The van der Waals surface area contributed by atoms with Gasteiger partial charge in [-0.1, -0.05) is 23.8 Å². The van der Waals surface area contributed by atoms with Crippen LogP contribution in [0.5, 0.6) is 0 Å². The molecule has 0 atom stereocenters. The van der Waals surface area contributed by atoms with Gasteiger partial charge in [-0.05, 0) is 25.0 Å². The molecular formula is C13H17N. The lowest BCUT2D eigenvalue weighted by atomic mass is 10.1. The van der Waals surface area contributed by atoms with Crippen molar-refractivity contribution in [3.05, 3.63) is 34.9 Å². The first-order valence-corrected chi connectivity index (χ1v) is 4.94. The number of hydrogen-bond donors (Lipinski definition) is 1. The molecule has 1 nitrogen and oxygen atoms in total. The van der Waals surface area contributed by atoms with Crippen molar-refractivity contribution < 1.29 is 0 Å². The van der Waals surface area contributed by atoms with Crippen molar-refractivity contribution in [3.63, 3.8) is 0 Å². The number of terminal acetylenes is 1. The van der Waals surface area contributed by atoms with Gasteiger partial charge < -0.3 is 5.32 Å². The van der Waals surface area contributed by atoms with Gasteiger partial charge >= 0.3 is 0 Å². The smallest absolute Gasteiger partial charge is 0.0212 e. The third-order valence-electron chi connectivity index (χ3n) is 2.27. The number of benzene rings is 1. The first kappa shape index (κ1) is 10.8. The van der Waals surface area contributed by atoms with E-state index in [1.807, 2.05) is 0 Å². The van der Waals surface area contributed by atoms with E-state index in [9.17, 15) is 0 Å². The van der Waals surface area contributed by atoms with Crippen LogP contribution in [0.25, 0.3) is 0 Å². The summed E-state index contributed by atoms with van der Waals surface area (Å²) in [5.74, 6) is 2.62. The van der Waals surface area contributed by atoms with Crippen molar-refractivity contribution in [2.45, 2.75) is 26.8 Å². The Balaban J connectivity index is 2.50. The summed E-state index contributed by atoms with van der Waals surface area (Å²) in [4.78, 5) is 0. The summed E-state index contributed by atoms with van der Waals surface area (Å²) in [6.45, 7) is 6.06. The van der Waals surface area contributed by atoms with Gasteiger partial charge in [0, 0.05) is 19.5 Å². The molecule has 74 valence electrons. The highest BCUT2D eigenvalue weighted by atomic mass is 14.8. The first-order chi connectivity index (χ1) is 6.74. The molecule has 1 rings (SSSR count). The lowest BCUT2D eigenvalue weighted by Crippen LogP contribution is -2.14. The van der Waals surface area contributed by atoms with Crippen LogP contribution in [0.2, 0.25) is 0 Å². The molecule has 0 unspecified atom stereocenters. The normalized spacial score (nSPS) is 9.79. The number of rotatable bonds is 4. The molecule has 0 aliphatic rings. The standard InChI is InChI=1S/C13H17N/c1-4-5-8-14-10-13-9-11(2)6-7-12(13)3/h1,6-7,9,14H,5,8,10H2,2-3H3. The molecule has 0 spiro atoms. The molecular weight excluding hydrogens is 170 g/mol. The van der Waals surface area contributed by atoms with Crippen molar-refractivity contribution in [3.8, 4) is 12.3 Å². The molecule has 0 heterocycles. The maximum absolute atomic E-state index is 5.17. The van der Waals surface area contributed by atoms with Crippen LogP contribution in [0.4, 0.5) is 0 Å². The maximum atomic E-state index is 5.17. The van der Waals surface area contributed by atoms with E-state index in [0.29, 0.717) is 0 Å². The van der Waals surface area contributed by atoms with Crippen molar-refractivity contribution in [2.24, 2.45) is 0 Å². The molecule has 0 saturated carbocycles. The lowest BCUT2D eigenvalue weighted by molar-refractivity contribution is 0.698. The van der Waals surface area contributed by atoms with Crippen LogP contribution >= 0.6 is 0 Å². The van der Waals surface area contributed by atoms with E-state index >= 15 is 0 Å². The first-order valence-electron chi connectivity index (χ1n) is 4.94. The summed E-state index contributed by atoms with van der Waals surface area (Å²) in [6, 6.07) is 6.52. The largest absolute Gasteiger partial charge is 0.312 e. The van der Waals surface area contributed by atoms with Crippen molar-refractivity contribution in [2.75, 3.05) is 6.54 Å². The highest BCUT2D eigenvalue weighted by Gasteiger charge is 1.97. The van der Waals surface area contributed by atoms with Gasteiger partial charge in [-0.2, -0.15) is 0 Å². The van der Waals surface area contributed by atoms with Gasteiger partial charge in [0.2, 0.25) is 0 Å². The number of aryl methyl sites for hydroxylation is 2. The Morgan fingerprint density at radius 2 is 2.14 bits per heavy atom. The molecule has 1 aromatic rings. The summed E-state index contributed by atoms with van der Waals surface area (Å²) in [7, 11) is 0. The van der Waals surface area contributed by atoms with Crippen LogP contribution in [0.3, 0.4) is 0 Å². The Morgan fingerprint density at radius 1 is 1.36 bits per heavy atom. The summed E-state index contributed by atoms with van der Waals surface area (Å²) in [5, 5.41) is 3.33. The Morgan fingerprint density at radius 3 is 2.86 bits per heavy atom. The molecule has 1 heteroatoms. The van der Waals surface area contributed by atoms with Crippen LogP contribution in [-0.2, 0) is 6.54 Å². The third-order valence-corrected chi connectivity index (χ3v) is 2.27. The molecule has 1 N–H and O–H groups in total. The number of hydrogen-bond acceptors (Lipinski definition) is 1. The molecule has 0 aliphatic carbocycles. The van der Waals surface area contributed by atoms with Crippen LogP contribution in [-0.4, -0.2) is 6.54 Å². The molecule has 0 aromatic heterocycles. The summed E-state index contributed by atoms with van der Waals surface area (Å²) in [6.07, 6.45) is 5.97. The molecule has 0 bridgehead atoms. The zero-order chi connectivity index (χ0) is 10.4. The molecule has 1 aromatic carbocycles. The van der Waals surface area contributed by atoms with Crippen molar-refractivity contribution >= 4 is 0 Å². The highest BCUT2D eigenvalue weighted by molar-refractivity contribution is 5.30. The quantitative estimate of drug-likeness (QED) is 0.564. The van der Waals surface area contributed by atoms with Gasteiger partial charge in [-0.15, -0.1) is 12.3 Å². The maximum Gasteiger partial charge on any atom is 0.0212 e. The molecule has 14 heavy (non-hydrogen) atoms. The van der Waals surface area contributed by atoms with Gasteiger partial charge in [0.05, 0.1) is 0 Å². The van der Waals surface area contributed by atoms with Gasteiger partial charge in [-0.25, -0.2) is 0 Å². The molecule has 0 amide bonds. The Bertz CT molecular complexity index is 334. The Labute approximate surface area is 86.5 Å². The predicted molar refractivity (Wildman–Crippen MR) is 61.1 cm³/mol. The van der Waals surface area contributed by atoms with Crippen LogP contribution in [0.15, 0.2) is 18.2 Å². The fraction of sp³-hybridized carbons (Fsp3) is 0.385. The van der Waals surface area contributed by atoms with E-state index in [1.54, 1.807) is 0 Å². The zero-order valence-electron chi connectivity index (χ0n) is 8.93. The molecule has 0 radical (unpaired) electrons. The third kappa shape index (κ3) is 3.24. The average molecular weight is 187 g/mol. The second-order valence-electron chi connectivity index (χ2n) is 3.56. The summed E-state index contributed by atoms with van der Waals surface area (Å²) < 4.78 is 0. The van der Waals surface area contributed by atoms with Gasteiger partial charge in [0.25, 0.3) is 0 Å². The van der Waals surface area contributed by atoms with Crippen molar-refractivity contribution in [1.82, 2.24) is 5.32 Å². The Kier molecular flexibility index (Phi) is 4.22. The zero-order valence-corrected chi connectivity index (χ0v) is 8.93. The topological polar surface area (TPSA) is 12.0 Å². The van der Waals surface area contributed by atoms with E-state index in [2.05, 4.69) is 43.3 Å². The van der Waals surface area contributed by atoms with E-state index in [4.69, 9.17) is 6.42 Å². The van der Waals surface area contributed by atoms with Crippen molar-refractivity contribution in [1.29, 1.82) is 0 Å². The second kappa shape index (κ2) is 5.47. The van der Waals surface area contributed by atoms with E-state index < -0.39 is 0 Å². The minimum atomic E-state index is 0.796. The van der Waals surface area contributed by atoms with E-state index in [-0.39, 0.29) is 0 Å². The average Bonchev–Trinajstić information content (AvgIpc) is 2.18. The van der Waals surface area contributed by atoms with E-state index in [0.717, 1.165) is 19.5 Å². The second-order valence-corrected chi connectivity index (χ2v) is 3.56. The monoisotopic (exact) mass is 187 g/mol. The molecule has 0 saturated heterocycles. The summed E-state index contributed by atoms with van der Waals surface area (Å²) >= 11 is 0. The predicted octanol–water partition coefficient (Wildman–Crippen LogP) is 2.42. The van der Waals surface area contributed by atoms with Gasteiger partial charge in [0.1, 0.15) is 0 Å². The van der Waals surface area contributed by atoms with Gasteiger partial charge in [-0.3, -0.25) is 0 Å². The fourth-order valence-electron chi connectivity index (χ4n) is 1.37. The van der Waals surface area contributed by atoms with Crippen LogP contribution in [0, 0.1) is 26.2 Å². The fourth-order valence-corrected chi connectivity index (χ4v) is 1.37. The van der Waals surface area contributed by atoms with E-state index in [1.165, 1.54) is 16.7 Å². The molecule has 0 fully saturated rings. The molecule has 0 aliphatic heterocycles. The lowest BCUT2D eigenvalue weighted by Gasteiger charge is -2.07. The SMILES string of the molecule is C#CCCNCc1cc(C)ccc1C. The highest BCUT2D eigenvalue weighted by Crippen LogP contribution is 2.09. The minimum Gasteiger partial charge on any atom is -0.312 e.